The number of amides is 2. The molecule has 4 aliphatic carbocycles. The molecule has 1 atom stereocenters. The van der Waals surface area contributed by atoms with E-state index in [2.05, 4.69) is 10.6 Å². The molecule has 0 heterocycles. The summed E-state index contributed by atoms with van der Waals surface area (Å²) in [5.74, 6) is 1.86. The second-order valence-electron chi connectivity index (χ2n) is 8.35. The lowest BCUT2D eigenvalue weighted by atomic mass is 9.53. The molecule has 0 aromatic heterocycles. The minimum Gasteiger partial charge on any atom is -0.467 e. The highest BCUT2D eigenvalue weighted by molar-refractivity contribution is 7.98. The van der Waals surface area contributed by atoms with Crippen LogP contribution in [-0.2, 0) is 19.1 Å². The van der Waals surface area contributed by atoms with Crippen molar-refractivity contribution >= 4 is 29.5 Å². The minimum absolute atomic E-state index is 0.0906. The van der Waals surface area contributed by atoms with Crippen LogP contribution in [0.5, 0.6) is 0 Å². The van der Waals surface area contributed by atoms with Crippen molar-refractivity contribution in [1.82, 2.24) is 10.6 Å². The molecule has 6 nitrogen and oxygen atoms in total. The Morgan fingerprint density at radius 1 is 1.08 bits per heavy atom. The van der Waals surface area contributed by atoms with Gasteiger partial charge in [-0.15, -0.1) is 0 Å². The summed E-state index contributed by atoms with van der Waals surface area (Å²) in [6.45, 7) is 0. The van der Waals surface area contributed by atoms with Crippen LogP contribution in [0.3, 0.4) is 0 Å². The van der Waals surface area contributed by atoms with Gasteiger partial charge in [-0.1, -0.05) is 0 Å². The molecule has 0 saturated heterocycles. The summed E-state index contributed by atoms with van der Waals surface area (Å²) in [7, 11) is 1.31. The quantitative estimate of drug-likeness (QED) is 0.495. The van der Waals surface area contributed by atoms with E-state index in [1.165, 1.54) is 26.4 Å². The van der Waals surface area contributed by atoms with Crippen molar-refractivity contribution in [2.24, 2.45) is 17.8 Å². The molecular formula is C19H30N2O4S. The fourth-order valence-electron chi connectivity index (χ4n) is 5.62. The van der Waals surface area contributed by atoms with E-state index in [1.54, 1.807) is 11.8 Å². The first-order valence-corrected chi connectivity index (χ1v) is 11.0. The van der Waals surface area contributed by atoms with Crippen LogP contribution in [0.15, 0.2) is 0 Å². The number of methoxy groups -OCH3 is 1. The lowest BCUT2D eigenvalue weighted by molar-refractivity contribution is -0.146. The molecular weight excluding hydrogens is 352 g/mol. The van der Waals surface area contributed by atoms with Crippen LogP contribution in [0.25, 0.3) is 0 Å². The summed E-state index contributed by atoms with van der Waals surface area (Å²) in [5.41, 5.74) is -0.0906. The van der Waals surface area contributed by atoms with E-state index in [0.29, 0.717) is 6.42 Å². The van der Waals surface area contributed by atoms with Crippen molar-refractivity contribution in [3.63, 3.8) is 0 Å². The second-order valence-corrected chi connectivity index (χ2v) is 9.33. The van der Waals surface area contributed by atoms with Crippen molar-refractivity contribution < 1.29 is 19.1 Å². The van der Waals surface area contributed by atoms with Crippen LogP contribution in [-0.4, -0.2) is 48.5 Å². The van der Waals surface area contributed by atoms with Gasteiger partial charge in [0.2, 0.25) is 11.8 Å². The highest BCUT2D eigenvalue weighted by atomic mass is 32.2. The number of carbonyl (C=O) groups excluding carboxylic acids is 3. The van der Waals surface area contributed by atoms with Gasteiger partial charge in [-0.25, -0.2) is 4.79 Å². The Kier molecular flexibility index (Phi) is 6.15. The van der Waals surface area contributed by atoms with Crippen molar-refractivity contribution in [2.45, 2.75) is 62.9 Å². The fraction of sp³-hybridized carbons (Fsp3) is 0.842. The summed E-state index contributed by atoms with van der Waals surface area (Å²) in [5, 5.41) is 5.85. The molecule has 7 heteroatoms. The zero-order chi connectivity index (χ0) is 18.7. The van der Waals surface area contributed by atoms with E-state index in [-0.39, 0.29) is 17.9 Å². The van der Waals surface area contributed by atoms with Gasteiger partial charge >= 0.3 is 5.97 Å². The topological polar surface area (TPSA) is 84.5 Å². The van der Waals surface area contributed by atoms with Crippen LogP contribution in [0.4, 0.5) is 0 Å². The average molecular weight is 383 g/mol. The van der Waals surface area contributed by atoms with Gasteiger partial charge < -0.3 is 15.4 Å². The largest absolute Gasteiger partial charge is 0.467 e. The first kappa shape index (κ1) is 19.5. The second kappa shape index (κ2) is 8.19. The third-order valence-corrected chi connectivity index (χ3v) is 6.84. The molecule has 0 aromatic carbocycles. The number of nitrogens with one attached hydrogen (secondary N) is 2. The molecule has 2 amide bonds. The molecule has 26 heavy (non-hydrogen) atoms. The Bertz CT molecular complexity index is 530. The highest BCUT2D eigenvalue weighted by Gasteiger charge is 2.51. The Balaban J connectivity index is 1.51. The highest BCUT2D eigenvalue weighted by Crippen LogP contribution is 2.55. The maximum Gasteiger partial charge on any atom is 0.328 e. The van der Waals surface area contributed by atoms with Gasteiger partial charge in [0.25, 0.3) is 0 Å². The standard InChI is InChI=1S/C19H30N2O4S/c1-25-18(24)15(3-4-26-2)20-16(22)8-17(23)21-19-9-12-5-13(10-19)7-14(6-12)11-19/h12-15H,3-11H2,1-2H3,(H,20,22)(H,21,23). The van der Waals surface area contributed by atoms with Gasteiger partial charge in [0, 0.05) is 5.54 Å². The molecule has 1 unspecified atom stereocenters. The maximum absolute atomic E-state index is 12.5. The van der Waals surface area contributed by atoms with Crippen LogP contribution < -0.4 is 10.6 Å². The third-order valence-electron chi connectivity index (χ3n) is 6.20. The number of ether oxygens (including phenoxy) is 1. The summed E-state index contributed by atoms with van der Waals surface area (Å²) in [6.07, 6.45) is 9.32. The van der Waals surface area contributed by atoms with Gasteiger partial charge in [0.1, 0.15) is 12.5 Å². The number of thioether (sulfide) groups is 1. The zero-order valence-corrected chi connectivity index (χ0v) is 16.5. The number of esters is 1. The van der Waals surface area contributed by atoms with E-state index in [9.17, 15) is 14.4 Å². The monoisotopic (exact) mass is 382 g/mol. The van der Waals surface area contributed by atoms with Crippen LogP contribution in [0.2, 0.25) is 0 Å². The Morgan fingerprint density at radius 3 is 2.15 bits per heavy atom. The number of hydrogen-bond acceptors (Lipinski definition) is 5. The zero-order valence-electron chi connectivity index (χ0n) is 15.7. The van der Waals surface area contributed by atoms with Gasteiger partial charge in [0.15, 0.2) is 0 Å². The van der Waals surface area contributed by atoms with E-state index in [0.717, 1.165) is 42.8 Å². The van der Waals surface area contributed by atoms with Crippen LogP contribution >= 0.6 is 11.8 Å². The molecule has 0 aliphatic heterocycles. The molecule has 0 aromatic rings. The van der Waals surface area contributed by atoms with Gasteiger partial charge in [0.05, 0.1) is 7.11 Å². The SMILES string of the molecule is COC(=O)C(CCSC)NC(=O)CC(=O)NC12CC3CC(CC(C3)C1)C2. The predicted molar refractivity (Wildman–Crippen MR) is 101 cm³/mol. The van der Waals surface area contributed by atoms with Crippen molar-refractivity contribution in [2.75, 3.05) is 19.1 Å². The molecule has 0 spiro atoms. The molecule has 0 radical (unpaired) electrons. The fourth-order valence-corrected chi connectivity index (χ4v) is 6.09. The Hall–Kier alpha value is -1.24. The van der Waals surface area contributed by atoms with Crippen molar-refractivity contribution in [1.29, 1.82) is 0 Å². The third kappa shape index (κ3) is 4.53. The van der Waals surface area contributed by atoms with Crippen molar-refractivity contribution in [3.05, 3.63) is 0 Å². The summed E-state index contributed by atoms with van der Waals surface area (Å²) in [6, 6.07) is -0.688. The average Bonchev–Trinajstić information content (AvgIpc) is 2.55. The Morgan fingerprint density at radius 2 is 1.65 bits per heavy atom. The van der Waals surface area contributed by atoms with E-state index < -0.39 is 17.9 Å². The molecule has 4 aliphatic rings. The molecule has 4 fully saturated rings. The molecule has 2 N–H and O–H groups in total. The maximum atomic E-state index is 12.5. The summed E-state index contributed by atoms with van der Waals surface area (Å²) < 4.78 is 4.74. The van der Waals surface area contributed by atoms with E-state index >= 15 is 0 Å². The van der Waals surface area contributed by atoms with Gasteiger partial charge in [-0.2, -0.15) is 11.8 Å². The van der Waals surface area contributed by atoms with E-state index in [1.807, 2.05) is 6.26 Å². The van der Waals surface area contributed by atoms with E-state index in [4.69, 9.17) is 4.74 Å². The molecule has 4 rings (SSSR count). The minimum atomic E-state index is -0.688. The van der Waals surface area contributed by atoms with Crippen LogP contribution in [0, 0.1) is 17.8 Å². The number of rotatable bonds is 8. The summed E-state index contributed by atoms with van der Waals surface area (Å²) in [4.78, 5) is 36.5. The molecule has 4 bridgehead atoms. The Labute approximate surface area is 159 Å². The van der Waals surface area contributed by atoms with Crippen LogP contribution in [0.1, 0.15) is 51.4 Å². The lowest BCUT2D eigenvalue weighted by Gasteiger charge is -2.56. The van der Waals surface area contributed by atoms with Gasteiger partial charge in [-0.3, -0.25) is 9.59 Å². The lowest BCUT2D eigenvalue weighted by Crippen LogP contribution is -2.60. The number of carbonyl (C=O) groups is 3. The normalized spacial score (nSPS) is 32.8. The summed E-state index contributed by atoms with van der Waals surface area (Å²) >= 11 is 1.60. The first-order chi connectivity index (χ1) is 12.4. The predicted octanol–water partition coefficient (Wildman–Crippen LogP) is 1.87. The number of hydrogen-bond donors (Lipinski definition) is 2. The smallest absolute Gasteiger partial charge is 0.328 e. The molecule has 4 saturated carbocycles. The molecule has 146 valence electrons. The first-order valence-electron chi connectivity index (χ1n) is 9.60. The van der Waals surface area contributed by atoms with Gasteiger partial charge in [-0.05, 0) is 74.7 Å². The van der Waals surface area contributed by atoms with Crippen molar-refractivity contribution in [3.8, 4) is 0 Å².